The molecule has 0 bridgehead atoms. The maximum atomic E-state index is 11.9. The zero-order chi connectivity index (χ0) is 19.1. The van der Waals surface area contributed by atoms with Crippen LogP contribution in [-0.2, 0) is 4.74 Å². The molecule has 7 nitrogen and oxygen atoms in total. The smallest absolute Gasteiger partial charge is 0.409 e. The van der Waals surface area contributed by atoms with Gasteiger partial charge in [0, 0.05) is 44.4 Å². The quantitative estimate of drug-likeness (QED) is 0.792. The highest BCUT2D eigenvalue weighted by molar-refractivity contribution is 5.68. The summed E-state index contributed by atoms with van der Waals surface area (Å²) in [7, 11) is 0. The number of piperazine rings is 1. The van der Waals surface area contributed by atoms with Crippen LogP contribution in [0.5, 0.6) is 0 Å². The molecular weight excluding hydrogens is 342 g/mol. The standard InChI is InChI=1S/C20H25N5O2/c1-3-10-21-17-15-18(23-19(22-17)16-8-6-5-7-9-16)24-11-13-25(14-12-24)20(26)27-4-2/h3,5-9,15H,1,4,10-14H2,2H3,(H,21,22,23). The number of rotatable bonds is 6. The number of nitrogens with zero attached hydrogens (tertiary/aromatic N) is 4. The summed E-state index contributed by atoms with van der Waals surface area (Å²) < 4.78 is 5.09. The number of hydrogen-bond acceptors (Lipinski definition) is 6. The first-order chi connectivity index (χ1) is 13.2. The van der Waals surface area contributed by atoms with E-state index in [2.05, 4.69) is 21.8 Å². The van der Waals surface area contributed by atoms with Gasteiger partial charge >= 0.3 is 6.09 Å². The molecule has 1 amide bonds. The average molecular weight is 367 g/mol. The number of hydrogen-bond donors (Lipinski definition) is 1. The van der Waals surface area contributed by atoms with E-state index in [0.717, 1.165) is 17.2 Å². The van der Waals surface area contributed by atoms with Crippen LogP contribution >= 0.6 is 0 Å². The van der Waals surface area contributed by atoms with E-state index in [4.69, 9.17) is 9.72 Å². The molecule has 0 unspecified atom stereocenters. The van der Waals surface area contributed by atoms with Gasteiger partial charge in [0.2, 0.25) is 0 Å². The molecule has 142 valence electrons. The number of aromatic nitrogens is 2. The van der Waals surface area contributed by atoms with Crippen molar-refractivity contribution in [1.82, 2.24) is 14.9 Å². The molecule has 1 N–H and O–H groups in total. The zero-order valence-electron chi connectivity index (χ0n) is 15.6. The number of carbonyl (C=O) groups excluding carboxylic acids is 1. The molecule has 0 atom stereocenters. The lowest BCUT2D eigenvalue weighted by Crippen LogP contribution is -2.49. The van der Waals surface area contributed by atoms with Crippen molar-refractivity contribution < 1.29 is 9.53 Å². The van der Waals surface area contributed by atoms with E-state index in [1.165, 1.54) is 0 Å². The molecule has 7 heteroatoms. The summed E-state index contributed by atoms with van der Waals surface area (Å²) in [5.74, 6) is 2.28. The topological polar surface area (TPSA) is 70.6 Å². The van der Waals surface area contributed by atoms with E-state index in [0.29, 0.717) is 45.2 Å². The van der Waals surface area contributed by atoms with E-state index in [-0.39, 0.29) is 6.09 Å². The maximum absolute atomic E-state index is 11.9. The number of carbonyl (C=O) groups is 1. The van der Waals surface area contributed by atoms with Crippen molar-refractivity contribution in [3.63, 3.8) is 0 Å². The van der Waals surface area contributed by atoms with Crippen LogP contribution < -0.4 is 10.2 Å². The van der Waals surface area contributed by atoms with Gasteiger partial charge in [0.25, 0.3) is 0 Å². The molecule has 27 heavy (non-hydrogen) atoms. The van der Waals surface area contributed by atoms with Gasteiger partial charge in [0.1, 0.15) is 11.6 Å². The van der Waals surface area contributed by atoms with Crippen LogP contribution in [0, 0.1) is 0 Å². The van der Waals surface area contributed by atoms with Gasteiger partial charge in [-0.3, -0.25) is 0 Å². The Bertz CT molecular complexity index is 773. The van der Waals surface area contributed by atoms with Gasteiger partial charge in [-0.25, -0.2) is 14.8 Å². The molecule has 0 spiro atoms. The molecule has 0 aliphatic carbocycles. The molecule has 1 aromatic heterocycles. The van der Waals surface area contributed by atoms with E-state index in [9.17, 15) is 4.79 Å². The molecule has 1 aliphatic rings. The molecule has 1 saturated heterocycles. The molecule has 1 fully saturated rings. The predicted molar refractivity (Wildman–Crippen MR) is 107 cm³/mol. The van der Waals surface area contributed by atoms with E-state index in [1.54, 1.807) is 11.0 Å². The summed E-state index contributed by atoms with van der Waals surface area (Å²) >= 11 is 0. The lowest BCUT2D eigenvalue weighted by atomic mass is 10.2. The Hall–Kier alpha value is -3.09. The molecule has 2 aromatic rings. The third kappa shape index (κ3) is 4.75. The van der Waals surface area contributed by atoms with Crippen LogP contribution in [0.15, 0.2) is 49.1 Å². The van der Waals surface area contributed by atoms with E-state index >= 15 is 0 Å². The highest BCUT2D eigenvalue weighted by Crippen LogP contribution is 2.23. The van der Waals surface area contributed by atoms with Gasteiger partial charge in [0.05, 0.1) is 6.61 Å². The van der Waals surface area contributed by atoms with Gasteiger partial charge in [-0.15, -0.1) is 6.58 Å². The Balaban J connectivity index is 1.80. The molecule has 1 aliphatic heterocycles. The summed E-state index contributed by atoms with van der Waals surface area (Å²) in [6.45, 7) is 9.20. The molecule has 1 aromatic carbocycles. The fourth-order valence-electron chi connectivity index (χ4n) is 2.91. The number of ether oxygens (including phenoxy) is 1. The first-order valence-electron chi connectivity index (χ1n) is 9.17. The van der Waals surface area contributed by atoms with Crippen LogP contribution in [0.3, 0.4) is 0 Å². The summed E-state index contributed by atoms with van der Waals surface area (Å²) in [5, 5.41) is 3.25. The molecule has 3 rings (SSSR count). The van der Waals surface area contributed by atoms with Crippen molar-refractivity contribution >= 4 is 17.7 Å². The van der Waals surface area contributed by atoms with Crippen LogP contribution in [0.2, 0.25) is 0 Å². The monoisotopic (exact) mass is 367 g/mol. The van der Waals surface area contributed by atoms with Crippen molar-refractivity contribution in [2.24, 2.45) is 0 Å². The van der Waals surface area contributed by atoms with Crippen molar-refractivity contribution in [3.8, 4) is 11.4 Å². The molecule has 0 saturated carbocycles. The van der Waals surface area contributed by atoms with E-state index < -0.39 is 0 Å². The molecule has 0 radical (unpaired) electrons. The second-order valence-electron chi connectivity index (χ2n) is 6.14. The normalized spacial score (nSPS) is 14.0. The van der Waals surface area contributed by atoms with E-state index in [1.807, 2.05) is 43.3 Å². The Labute approximate surface area is 159 Å². The highest BCUT2D eigenvalue weighted by atomic mass is 16.6. The Kier molecular flexibility index (Phi) is 6.25. The summed E-state index contributed by atoms with van der Waals surface area (Å²) in [4.78, 5) is 25.2. The Morgan fingerprint density at radius 3 is 2.63 bits per heavy atom. The van der Waals surface area contributed by atoms with Crippen molar-refractivity contribution in [2.45, 2.75) is 6.92 Å². The first-order valence-corrected chi connectivity index (χ1v) is 9.17. The number of anilines is 2. The number of amides is 1. The largest absolute Gasteiger partial charge is 0.450 e. The maximum Gasteiger partial charge on any atom is 0.409 e. The minimum absolute atomic E-state index is 0.252. The van der Waals surface area contributed by atoms with Gasteiger partial charge in [-0.05, 0) is 6.92 Å². The van der Waals surface area contributed by atoms with Crippen molar-refractivity contribution in [1.29, 1.82) is 0 Å². The predicted octanol–water partition coefficient (Wildman–Crippen LogP) is 3.02. The summed E-state index contributed by atoms with van der Waals surface area (Å²) in [6.07, 6.45) is 1.54. The molecule has 2 heterocycles. The Morgan fingerprint density at radius 2 is 1.96 bits per heavy atom. The highest BCUT2D eigenvalue weighted by Gasteiger charge is 2.23. The fraction of sp³-hybridized carbons (Fsp3) is 0.350. The Morgan fingerprint density at radius 1 is 1.22 bits per heavy atom. The van der Waals surface area contributed by atoms with Crippen LogP contribution in [-0.4, -0.2) is 60.3 Å². The van der Waals surface area contributed by atoms with Gasteiger partial charge in [-0.2, -0.15) is 0 Å². The fourth-order valence-corrected chi connectivity index (χ4v) is 2.91. The van der Waals surface area contributed by atoms with Gasteiger partial charge in [0.15, 0.2) is 5.82 Å². The minimum atomic E-state index is -0.252. The minimum Gasteiger partial charge on any atom is -0.450 e. The second-order valence-corrected chi connectivity index (χ2v) is 6.14. The third-order valence-corrected chi connectivity index (χ3v) is 4.30. The third-order valence-electron chi connectivity index (χ3n) is 4.30. The van der Waals surface area contributed by atoms with Crippen molar-refractivity contribution in [2.75, 3.05) is 49.5 Å². The van der Waals surface area contributed by atoms with Crippen LogP contribution in [0.1, 0.15) is 6.92 Å². The second kappa shape index (κ2) is 9.02. The number of nitrogens with one attached hydrogen (secondary N) is 1. The summed E-state index contributed by atoms with van der Waals surface area (Å²) in [6, 6.07) is 11.8. The lowest BCUT2D eigenvalue weighted by molar-refractivity contribution is 0.105. The first kappa shape index (κ1) is 18.7. The molecular formula is C20H25N5O2. The van der Waals surface area contributed by atoms with Crippen LogP contribution in [0.25, 0.3) is 11.4 Å². The van der Waals surface area contributed by atoms with Gasteiger partial charge < -0.3 is 19.9 Å². The zero-order valence-corrected chi connectivity index (χ0v) is 15.6. The van der Waals surface area contributed by atoms with Gasteiger partial charge in [-0.1, -0.05) is 36.4 Å². The summed E-state index contributed by atoms with van der Waals surface area (Å²) in [5.41, 5.74) is 0.964. The average Bonchev–Trinajstić information content (AvgIpc) is 2.73. The number of benzene rings is 1. The van der Waals surface area contributed by atoms with Crippen LogP contribution in [0.4, 0.5) is 16.4 Å². The van der Waals surface area contributed by atoms with Crippen molar-refractivity contribution in [3.05, 3.63) is 49.1 Å². The SMILES string of the molecule is C=CCNc1cc(N2CCN(C(=O)OCC)CC2)nc(-c2ccccc2)n1. The lowest BCUT2D eigenvalue weighted by Gasteiger charge is -2.34.